The Bertz CT molecular complexity index is 692. The Kier molecular flexibility index (Phi) is 2.73. The highest BCUT2D eigenvalue weighted by Crippen LogP contribution is 2.32. The summed E-state index contributed by atoms with van der Waals surface area (Å²) in [4.78, 5) is 4.69. The highest BCUT2D eigenvalue weighted by Gasteiger charge is 2.08. The summed E-state index contributed by atoms with van der Waals surface area (Å²) in [6.07, 6.45) is 1.87. The zero-order valence-electron chi connectivity index (χ0n) is 10.2. The van der Waals surface area contributed by atoms with Crippen LogP contribution in [0.5, 0.6) is 0 Å². The van der Waals surface area contributed by atoms with Gasteiger partial charge in [-0.25, -0.2) is 4.98 Å². The molecule has 0 atom stereocenters. The largest absolute Gasteiger partial charge is 0.236 e. The molecule has 2 heteroatoms. The number of aryl methyl sites for hydroxylation is 1. The summed E-state index contributed by atoms with van der Waals surface area (Å²) in [5.41, 5.74) is 4.68. The molecule has 3 aromatic rings. The maximum Gasteiger partial charge on any atom is 0.124 e. The lowest BCUT2D eigenvalue weighted by Crippen LogP contribution is -1.83. The van der Waals surface area contributed by atoms with E-state index in [0.717, 1.165) is 16.1 Å². The third kappa shape index (κ3) is 1.85. The van der Waals surface area contributed by atoms with Gasteiger partial charge in [0.05, 0.1) is 10.2 Å². The predicted molar refractivity (Wildman–Crippen MR) is 79.9 cm³/mol. The molecule has 0 aliphatic rings. The van der Waals surface area contributed by atoms with Crippen LogP contribution in [0, 0.1) is 6.92 Å². The molecule has 0 bridgehead atoms. The average Bonchev–Trinajstić information content (AvgIpc) is 2.81. The van der Waals surface area contributed by atoms with Gasteiger partial charge < -0.3 is 0 Å². The monoisotopic (exact) mass is 251 g/mol. The molecule has 0 fully saturated rings. The maximum absolute atomic E-state index is 4.69. The molecule has 0 saturated carbocycles. The number of fused-ring (bicyclic) bond motifs is 1. The van der Waals surface area contributed by atoms with Gasteiger partial charge in [-0.05, 0) is 30.2 Å². The molecule has 1 heterocycles. The van der Waals surface area contributed by atoms with Crippen LogP contribution >= 0.6 is 11.3 Å². The van der Waals surface area contributed by atoms with E-state index < -0.39 is 0 Å². The summed E-state index contributed by atoms with van der Waals surface area (Å²) in [6.45, 7) is 5.92. The fourth-order valence-electron chi connectivity index (χ4n) is 2.04. The van der Waals surface area contributed by atoms with Gasteiger partial charge in [0.2, 0.25) is 0 Å². The molecule has 0 aliphatic heterocycles. The molecule has 88 valence electrons. The van der Waals surface area contributed by atoms with Crippen molar-refractivity contribution in [3.8, 4) is 10.6 Å². The van der Waals surface area contributed by atoms with Crippen LogP contribution in [0.1, 0.15) is 11.1 Å². The zero-order chi connectivity index (χ0) is 12.5. The SMILES string of the molecule is C=Cc1ccc(-c2nc3ccccc3s2)c(C)c1. The minimum atomic E-state index is 1.07. The van der Waals surface area contributed by atoms with Crippen molar-refractivity contribution in [2.45, 2.75) is 6.92 Å². The van der Waals surface area contributed by atoms with Crippen LogP contribution in [-0.4, -0.2) is 4.98 Å². The molecule has 0 saturated heterocycles. The second-order valence-corrected chi connectivity index (χ2v) is 5.30. The van der Waals surface area contributed by atoms with Crippen molar-refractivity contribution in [1.29, 1.82) is 0 Å². The normalized spacial score (nSPS) is 10.7. The minimum Gasteiger partial charge on any atom is -0.236 e. The van der Waals surface area contributed by atoms with Crippen LogP contribution in [0.15, 0.2) is 49.0 Å². The molecule has 0 radical (unpaired) electrons. The van der Waals surface area contributed by atoms with E-state index in [4.69, 9.17) is 4.98 Å². The summed E-state index contributed by atoms with van der Waals surface area (Å²) in [6, 6.07) is 14.6. The minimum absolute atomic E-state index is 1.07. The Morgan fingerprint density at radius 1 is 1.17 bits per heavy atom. The van der Waals surface area contributed by atoms with Crippen LogP contribution in [0.4, 0.5) is 0 Å². The first-order valence-corrected chi connectivity index (χ1v) is 6.68. The number of thiazole rings is 1. The highest BCUT2D eigenvalue weighted by molar-refractivity contribution is 7.21. The number of rotatable bonds is 2. The summed E-state index contributed by atoms with van der Waals surface area (Å²) in [7, 11) is 0. The van der Waals surface area contributed by atoms with Crippen LogP contribution in [0.2, 0.25) is 0 Å². The first-order valence-electron chi connectivity index (χ1n) is 5.87. The molecule has 18 heavy (non-hydrogen) atoms. The Labute approximate surface area is 110 Å². The van der Waals surface area contributed by atoms with E-state index in [0.29, 0.717) is 0 Å². The lowest BCUT2D eigenvalue weighted by Gasteiger charge is -2.03. The lowest BCUT2D eigenvalue weighted by molar-refractivity contribution is 1.41. The van der Waals surface area contributed by atoms with E-state index >= 15 is 0 Å². The summed E-state index contributed by atoms with van der Waals surface area (Å²) >= 11 is 1.74. The molecule has 0 unspecified atom stereocenters. The Hall–Kier alpha value is -1.93. The van der Waals surface area contributed by atoms with Gasteiger partial charge in [0, 0.05) is 5.56 Å². The number of hydrogen-bond donors (Lipinski definition) is 0. The van der Waals surface area contributed by atoms with Gasteiger partial charge in [-0.2, -0.15) is 0 Å². The second-order valence-electron chi connectivity index (χ2n) is 4.27. The second kappa shape index (κ2) is 4.39. The van der Waals surface area contributed by atoms with Gasteiger partial charge >= 0.3 is 0 Å². The highest BCUT2D eigenvalue weighted by atomic mass is 32.1. The molecule has 2 aromatic carbocycles. The van der Waals surface area contributed by atoms with E-state index in [-0.39, 0.29) is 0 Å². The molecular weight excluding hydrogens is 238 g/mol. The number of para-hydroxylation sites is 1. The smallest absolute Gasteiger partial charge is 0.124 e. The fraction of sp³-hybridized carbons (Fsp3) is 0.0625. The van der Waals surface area contributed by atoms with Gasteiger partial charge in [0.15, 0.2) is 0 Å². The fourth-order valence-corrected chi connectivity index (χ4v) is 3.10. The van der Waals surface area contributed by atoms with E-state index in [1.807, 2.05) is 12.1 Å². The molecule has 0 N–H and O–H groups in total. The average molecular weight is 251 g/mol. The molecule has 0 amide bonds. The number of nitrogens with zero attached hydrogens (tertiary/aromatic N) is 1. The van der Waals surface area contributed by atoms with Crippen molar-refractivity contribution in [1.82, 2.24) is 4.98 Å². The molecule has 0 spiro atoms. The lowest BCUT2D eigenvalue weighted by atomic mass is 10.1. The van der Waals surface area contributed by atoms with Gasteiger partial charge in [0.25, 0.3) is 0 Å². The van der Waals surface area contributed by atoms with E-state index in [9.17, 15) is 0 Å². The quantitative estimate of drug-likeness (QED) is 0.630. The molecular formula is C16H13NS. The summed E-state index contributed by atoms with van der Waals surface area (Å²) < 4.78 is 1.24. The van der Waals surface area contributed by atoms with E-state index in [2.05, 4.69) is 49.9 Å². The van der Waals surface area contributed by atoms with Gasteiger partial charge in [-0.3, -0.25) is 0 Å². The molecule has 3 rings (SSSR count). The summed E-state index contributed by atoms with van der Waals surface area (Å²) in [5.74, 6) is 0. The van der Waals surface area contributed by atoms with Gasteiger partial charge in [0.1, 0.15) is 5.01 Å². The number of aromatic nitrogens is 1. The Balaban J connectivity index is 2.16. The first-order chi connectivity index (χ1) is 8.78. The predicted octanol–water partition coefficient (Wildman–Crippen LogP) is 4.91. The van der Waals surface area contributed by atoms with Crippen molar-refractivity contribution in [2.24, 2.45) is 0 Å². The standard InChI is InChI=1S/C16H13NS/c1-3-12-8-9-13(11(2)10-12)16-17-14-6-4-5-7-15(14)18-16/h3-10H,1H2,2H3. The van der Waals surface area contributed by atoms with Crippen LogP contribution in [-0.2, 0) is 0 Å². The topological polar surface area (TPSA) is 12.9 Å². The number of hydrogen-bond acceptors (Lipinski definition) is 2. The van der Waals surface area contributed by atoms with Gasteiger partial charge in [-0.15, -0.1) is 11.3 Å². The third-order valence-electron chi connectivity index (χ3n) is 3.01. The van der Waals surface area contributed by atoms with E-state index in [1.54, 1.807) is 11.3 Å². The van der Waals surface area contributed by atoms with E-state index in [1.165, 1.54) is 15.8 Å². The third-order valence-corrected chi connectivity index (χ3v) is 4.08. The summed E-state index contributed by atoms with van der Waals surface area (Å²) in [5, 5.41) is 1.09. The van der Waals surface area contributed by atoms with Crippen LogP contribution < -0.4 is 0 Å². The maximum atomic E-state index is 4.69. The van der Waals surface area contributed by atoms with Crippen molar-refractivity contribution < 1.29 is 0 Å². The number of benzene rings is 2. The Morgan fingerprint density at radius 2 is 2.00 bits per heavy atom. The zero-order valence-corrected chi connectivity index (χ0v) is 11.0. The van der Waals surface area contributed by atoms with Crippen molar-refractivity contribution in [3.63, 3.8) is 0 Å². The first kappa shape index (κ1) is 11.2. The van der Waals surface area contributed by atoms with Crippen LogP contribution in [0.3, 0.4) is 0 Å². The van der Waals surface area contributed by atoms with Gasteiger partial charge in [-0.1, -0.05) is 43.0 Å². The van der Waals surface area contributed by atoms with Crippen molar-refractivity contribution in [3.05, 3.63) is 60.2 Å². The molecule has 1 nitrogen and oxygen atoms in total. The Morgan fingerprint density at radius 3 is 2.72 bits per heavy atom. The molecule has 1 aromatic heterocycles. The van der Waals surface area contributed by atoms with Crippen molar-refractivity contribution in [2.75, 3.05) is 0 Å². The molecule has 0 aliphatic carbocycles. The van der Waals surface area contributed by atoms with Crippen molar-refractivity contribution >= 4 is 27.6 Å². The van der Waals surface area contributed by atoms with Crippen LogP contribution in [0.25, 0.3) is 26.9 Å².